The zero-order valence-corrected chi connectivity index (χ0v) is 18.0. The second-order valence-corrected chi connectivity index (χ2v) is 7.68. The SMILES string of the molecule is CNC(=O)c1cc(Cl)cc(C)c1NC(=O)c1cc(Br)cn1-c1ccncc1Cl. The number of hydrogen-bond acceptors (Lipinski definition) is 3. The largest absolute Gasteiger partial charge is 0.355 e. The van der Waals surface area contributed by atoms with E-state index in [-0.39, 0.29) is 11.5 Å². The summed E-state index contributed by atoms with van der Waals surface area (Å²) in [7, 11) is 1.51. The van der Waals surface area contributed by atoms with Crippen LogP contribution in [-0.4, -0.2) is 28.4 Å². The number of nitrogens with zero attached hydrogens (tertiary/aromatic N) is 2. The topological polar surface area (TPSA) is 76.0 Å². The van der Waals surface area contributed by atoms with Crippen LogP contribution < -0.4 is 10.6 Å². The molecule has 0 unspecified atom stereocenters. The van der Waals surface area contributed by atoms with Crippen LogP contribution in [0.25, 0.3) is 5.69 Å². The highest BCUT2D eigenvalue weighted by atomic mass is 79.9. The first kappa shape index (κ1) is 20.4. The summed E-state index contributed by atoms with van der Waals surface area (Å²) in [6.45, 7) is 1.77. The monoisotopic (exact) mass is 480 g/mol. The Hall–Kier alpha value is -2.35. The van der Waals surface area contributed by atoms with Crippen molar-refractivity contribution in [3.05, 3.63) is 74.2 Å². The van der Waals surface area contributed by atoms with E-state index in [4.69, 9.17) is 23.2 Å². The van der Waals surface area contributed by atoms with Crippen molar-refractivity contribution in [1.82, 2.24) is 14.9 Å². The van der Waals surface area contributed by atoms with Gasteiger partial charge in [0.05, 0.1) is 22.0 Å². The Morgan fingerprint density at radius 3 is 2.61 bits per heavy atom. The zero-order chi connectivity index (χ0) is 20.4. The van der Waals surface area contributed by atoms with Gasteiger partial charge < -0.3 is 15.2 Å². The summed E-state index contributed by atoms with van der Waals surface area (Å²) in [4.78, 5) is 29.3. The van der Waals surface area contributed by atoms with E-state index in [1.165, 1.54) is 19.3 Å². The fraction of sp³-hybridized carbons (Fsp3) is 0.105. The highest BCUT2D eigenvalue weighted by Crippen LogP contribution is 2.28. The van der Waals surface area contributed by atoms with Gasteiger partial charge in [-0.05, 0) is 52.7 Å². The Morgan fingerprint density at radius 1 is 1.18 bits per heavy atom. The molecule has 28 heavy (non-hydrogen) atoms. The third kappa shape index (κ3) is 4.06. The number of aromatic nitrogens is 2. The first-order valence-corrected chi connectivity index (χ1v) is 9.68. The molecule has 144 valence electrons. The molecule has 0 aliphatic carbocycles. The van der Waals surface area contributed by atoms with Crippen LogP contribution in [0.4, 0.5) is 5.69 Å². The fourth-order valence-corrected chi connectivity index (χ4v) is 3.67. The number of benzene rings is 1. The van der Waals surface area contributed by atoms with Crippen LogP contribution in [0, 0.1) is 6.92 Å². The Bertz CT molecular complexity index is 1080. The Labute approximate surface area is 180 Å². The average Bonchev–Trinajstić information content (AvgIpc) is 3.05. The number of rotatable bonds is 4. The van der Waals surface area contributed by atoms with Crippen LogP contribution in [-0.2, 0) is 0 Å². The Morgan fingerprint density at radius 2 is 1.93 bits per heavy atom. The molecule has 0 bridgehead atoms. The molecule has 3 rings (SSSR count). The summed E-state index contributed by atoms with van der Waals surface area (Å²) in [6, 6.07) is 6.56. The number of nitrogens with one attached hydrogen (secondary N) is 2. The molecule has 0 spiro atoms. The Kier molecular flexibility index (Phi) is 6.07. The smallest absolute Gasteiger partial charge is 0.272 e. The van der Waals surface area contributed by atoms with E-state index < -0.39 is 5.91 Å². The maximum absolute atomic E-state index is 13.1. The van der Waals surface area contributed by atoms with E-state index in [9.17, 15) is 9.59 Å². The average molecular weight is 482 g/mol. The third-order valence-corrected chi connectivity index (χ3v) is 4.98. The van der Waals surface area contributed by atoms with Crippen LogP contribution in [0.1, 0.15) is 26.4 Å². The van der Waals surface area contributed by atoms with Gasteiger partial charge in [-0.3, -0.25) is 14.6 Å². The molecule has 2 heterocycles. The van der Waals surface area contributed by atoms with Crippen LogP contribution in [0.15, 0.2) is 47.3 Å². The maximum Gasteiger partial charge on any atom is 0.272 e. The van der Waals surface area contributed by atoms with Crippen molar-refractivity contribution < 1.29 is 9.59 Å². The molecular formula is C19H15BrCl2N4O2. The van der Waals surface area contributed by atoms with Gasteiger partial charge in [-0.1, -0.05) is 23.2 Å². The van der Waals surface area contributed by atoms with E-state index in [1.807, 2.05) is 0 Å². The summed E-state index contributed by atoms with van der Waals surface area (Å²) in [5.41, 5.74) is 2.26. The van der Waals surface area contributed by atoms with E-state index in [0.717, 1.165) is 0 Å². The van der Waals surface area contributed by atoms with Crippen molar-refractivity contribution in [2.75, 3.05) is 12.4 Å². The molecular weight excluding hydrogens is 467 g/mol. The van der Waals surface area contributed by atoms with Crippen LogP contribution in [0.3, 0.4) is 0 Å². The van der Waals surface area contributed by atoms with Gasteiger partial charge in [0, 0.05) is 35.1 Å². The number of aryl methyl sites for hydroxylation is 1. The van der Waals surface area contributed by atoms with E-state index >= 15 is 0 Å². The highest BCUT2D eigenvalue weighted by molar-refractivity contribution is 9.10. The number of carbonyl (C=O) groups excluding carboxylic acids is 2. The molecule has 0 saturated carbocycles. The lowest BCUT2D eigenvalue weighted by atomic mass is 10.1. The quantitative estimate of drug-likeness (QED) is 0.558. The minimum Gasteiger partial charge on any atom is -0.355 e. The molecule has 0 fully saturated rings. The second-order valence-electron chi connectivity index (χ2n) is 5.92. The molecule has 6 nitrogen and oxygen atoms in total. The van der Waals surface area contributed by atoms with Crippen molar-refractivity contribution in [3.63, 3.8) is 0 Å². The van der Waals surface area contributed by atoms with Gasteiger partial charge >= 0.3 is 0 Å². The van der Waals surface area contributed by atoms with E-state index in [1.54, 1.807) is 42.1 Å². The number of halogens is 3. The summed E-state index contributed by atoms with van der Waals surface area (Å²) < 4.78 is 2.35. The van der Waals surface area contributed by atoms with Crippen molar-refractivity contribution in [2.45, 2.75) is 6.92 Å². The van der Waals surface area contributed by atoms with Crippen molar-refractivity contribution in [3.8, 4) is 5.69 Å². The lowest BCUT2D eigenvalue weighted by Crippen LogP contribution is -2.23. The molecule has 2 aromatic heterocycles. The van der Waals surface area contributed by atoms with Crippen molar-refractivity contribution >= 4 is 56.6 Å². The van der Waals surface area contributed by atoms with Gasteiger partial charge in [0.1, 0.15) is 5.69 Å². The lowest BCUT2D eigenvalue weighted by Gasteiger charge is -2.15. The van der Waals surface area contributed by atoms with Crippen molar-refractivity contribution in [1.29, 1.82) is 0 Å². The molecule has 2 N–H and O–H groups in total. The Balaban J connectivity index is 2.05. The number of hydrogen-bond donors (Lipinski definition) is 2. The standard InChI is InChI=1S/C19H15BrCl2N4O2/c1-10-5-12(21)7-13(18(27)23-2)17(10)25-19(28)16-6-11(20)9-26(16)15-3-4-24-8-14(15)22/h3-9H,1-2H3,(H,23,27)(H,25,28). The molecule has 0 atom stereocenters. The summed E-state index contributed by atoms with van der Waals surface area (Å²) in [5.74, 6) is -0.760. The zero-order valence-electron chi connectivity index (χ0n) is 14.9. The normalized spacial score (nSPS) is 10.6. The van der Waals surface area contributed by atoms with E-state index in [2.05, 4.69) is 31.5 Å². The maximum atomic E-state index is 13.1. The molecule has 0 saturated heterocycles. The molecule has 3 aromatic rings. The van der Waals surface area contributed by atoms with Gasteiger partial charge in [-0.15, -0.1) is 0 Å². The molecule has 2 amide bonds. The molecule has 9 heteroatoms. The van der Waals surface area contributed by atoms with Crippen LogP contribution in [0.5, 0.6) is 0 Å². The molecule has 1 aromatic carbocycles. The summed E-state index contributed by atoms with van der Waals surface area (Å²) in [6.07, 6.45) is 4.81. The number of amides is 2. The van der Waals surface area contributed by atoms with Crippen LogP contribution in [0.2, 0.25) is 10.0 Å². The minimum absolute atomic E-state index is 0.278. The first-order valence-electron chi connectivity index (χ1n) is 8.13. The molecule has 0 aliphatic heterocycles. The molecule has 0 radical (unpaired) electrons. The second kappa shape index (κ2) is 8.34. The minimum atomic E-state index is -0.408. The summed E-state index contributed by atoms with van der Waals surface area (Å²) >= 11 is 15.7. The molecule has 0 aliphatic rings. The fourth-order valence-electron chi connectivity index (χ4n) is 2.77. The number of pyridine rings is 1. The summed E-state index contributed by atoms with van der Waals surface area (Å²) in [5, 5.41) is 6.18. The van der Waals surface area contributed by atoms with Gasteiger partial charge in [-0.2, -0.15) is 0 Å². The van der Waals surface area contributed by atoms with Crippen molar-refractivity contribution in [2.24, 2.45) is 0 Å². The lowest BCUT2D eigenvalue weighted by molar-refractivity contribution is 0.0964. The van der Waals surface area contributed by atoms with Crippen LogP contribution >= 0.6 is 39.1 Å². The van der Waals surface area contributed by atoms with Gasteiger partial charge in [-0.25, -0.2) is 0 Å². The number of anilines is 1. The van der Waals surface area contributed by atoms with E-state index in [0.29, 0.717) is 37.2 Å². The predicted molar refractivity (Wildman–Crippen MR) is 114 cm³/mol. The third-order valence-electron chi connectivity index (χ3n) is 4.04. The number of carbonyl (C=O) groups is 2. The first-order chi connectivity index (χ1) is 13.3. The van der Waals surface area contributed by atoms with Gasteiger partial charge in [0.15, 0.2) is 0 Å². The van der Waals surface area contributed by atoms with Gasteiger partial charge in [0.25, 0.3) is 11.8 Å². The van der Waals surface area contributed by atoms with Gasteiger partial charge in [0.2, 0.25) is 0 Å². The predicted octanol–water partition coefficient (Wildman–Crippen LogP) is 4.86. The highest BCUT2D eigenvalue weighted by Gasteiger charge is 2.20.